The predicted octanol–water partition coefficient (Wildman–Crippen LogP) is 20.9. The summed E-state index contributed by atoms with van der Waals surface area (Å²) in [5.74, 6) is 19.7. The highest BCUT2D eigenvalue weighted by Crippen LogP contribution is 2.72. The zero-order valence-corrected chi connectivity index (χ0v) is 55.7. The maximum Gasteiger partial charge on any atom is 0.0194 e. The monoisotopic (exact) mass is 1160 g/mol. The molecule has 15 aliphatic carbocycles. The highest BCUT2D eigenvalue weighted by molar-refractivity contribution is 9.09. The zero-order chi connectivity index (χ0) is 55.0. The average molecular weight is 1160 g/mol. The van der Waals surface area contributed by atoms with Gasteiger partial charge < -0.3 is 0 Å². The van der Waals surface area contributed by atoms with E-state index in [1.54, 1.807) is 109 Å². The Bertz CT molecular complexity index is 2090. The summed E-state index contributed by atoms with van der Waals surface area (Å²) in [4.78, 5) is 7.80. The molecule has 2 nitrogen and oxygen atoms in total. The number of alkyl halides is 1. The summed E-state index contributed by atoms with van der Waals surface area (Å²) in [6, 6.07) is 4.89. The molecule has 15 saturated carbocycles. The van der Waals surface area contributed by atoms with E-state index in [1.807, 2.05) is 0 Å². The van der Waals surface area contributed by atoms with Crippen LogP contribution in [-0.2, 0) is 0 Å². The second-order valence-electron chi connectivity index (χ2n) is 36.9. The average Bonchev–Trinajstić information content (AvgIpc) is 4.31. The summed E-state index contributed by atoms with van der Waals surface area (Å²) in [5, 5.41) is 0. The van der Waals surface area contributed by atoms with Crippen LogP contribution in [0, 0.1) is 145 Å². The van der Waals surface area contributed by atoms with Crippen LogP contribution in [0.1, 0.15) is 294 Å². The second kappa shape index (κ2) is 21.0. The number of nitrogens with zero attached hydrogens (tertiary/aromatic N) is 2. The van der Waals surface area contributed by atoms with Gasteiger partial charge in [0.2, 0.25) is 0 Å². The molecule has 0 radical (unpaired) electrons. The van der Waals surface area contributed by atoms with Gasteiger partial charge in [-0.15, -0.1) is 0 Å². The highest BCUT2D eigenvalue weighted by atomic mass is 79.9. The summed E-state index contributed by atoms with van der Waals surface area (Å²) < 4.78 is 0. The van der Waals surface area contributed by atoms with Crippen LogP contribution in [0.4, 0.5) is 0 Å². The van der Waals surface area contributed by atoms with Crippen molar-refractivity contribution in [2.24, 2.45) is 145 Å². The molecule has 0 aromatic carbocycles. The van der Waals surface area contributed by atoms with Crippen LogP contribution in [0.2, 0.25) is 0 Å². The number of hydrogen-bond acceptors (Lipinski definition) is 2. The molecule has 27 unspecified atom stereocenters. The summed E-state index contributed by atoms with van der Waals surface area (Å²) >= 11 is 4.89. The normalized spacial score (nSPS) is 53.7. The van der Waals surface area contributed by atoms with Crippen LogP contribution in [0.3, 0.4) is 0 Å². The number of halogens is 1. The van der Waals surface area contributed by atoms with Gasteiger partial charge in [0.15, 0.2) is 0 Å². The van der Waals surface area contributed by atoms with Crippen LogP contribution < -0.4 is 0 Å². The Morgan fingerprint density at radius 1 is 0.275 bits per heavy atom. The van der Waals surface area contributed by atoms with E-state index >= 15 is 0 Å². The fourth-order valence-electron chi connectivity index (χ4n) is 31.3. The third kappa shape index (κ3) is 8.48. The van der Waals surface area contributed by atoms with Gasteiger partial charge in [0.25, 0.3) is 0 Å². The Labute approximate surface area is 503 Å². The van der Waals surface area contributed by atoms with E-state index < -0.39 is 0 Å². The van der Waals surface area contributed by atoms with Crippen molar-refractivity contribution in [2.45, 2.75) is 335 Å². The fraction of sp³-hybridized carbons (Fsp3) is 1.00. The maximum atomic E-state index is 4.89. The molecule has 15 aliphatic rings. The zero-order valence-electron chi connectivity index (χ0n) is 54.1. The molecule has 0 N–H and O–H groups in total. The van der Waals surface area contributed by atoms with E-state index in [4.69, 9.17) is 15.9 Å². The van der Waals surface area contributed by atoms with E-state index in [-0.39, 0.29) is 0 Å². The molecule has 0 aromatic rings. The van der Waals surface area contributed by atoms with Crippen LogP contribution in [0.25, 0.3) is 0 Å². The molecule has 80 heavy (non-hydrogen) atoms. The van der Waals surface area contributed by atoms with Crippen LogP contribution in [-0.4, -0.2) is 50.9 Å². The standard InChI is InChI=1S/C77H127BrN2/c1-11-77(12-2)69-43-50(79(46-29-34-56-52-21-13-17-25-61(52)73(3,4)65(56)39-46)47-30-35-57-53-22-14-18-26-62(53)74(5,6)66(57)40-47)33-38-60(69)72-70(77)44-51(45-71(72)78)80(48-31-36-58-54-23-15-19-27-63(54)75(7,8)67(58)41-48)49-32-37-59-55-24-16-20-28-64(55)76(9,10)68(59)42-49/h46-72H,11-45H2,1-10H3. The van der Waals surface area contributed by atoms with Gasteiger partial charge in [-0.3, -0.25) is 9.80 Å². The minimum Gasteiger partial charge on any atom is -0.294 e. The van der Waals surface area contributed by atoms with Crippen molar-refractivity contribution >= 4 is 15.9 Å². The number of rotatable bonds is 8. The molecular weight excluding hydrogens is 1030 g/mol. The Hall–Kier alpha value is 0.400. The minimum absolute atomic E-state index is 0.499. The Morgan fingerprint density at radius 3 is 0.863 bits per heavy atom. The predicted molar refractivity (Wildman–Crippen MR) is 339 cm³/mol. The van der Waals surface area contributed by atoms with Crippen molar-refractivity contribution in [3.05, 3.63) is 0 Å². The van der Waals surface area contributed by atoms with E-state index in [0.29, 0.717) is 31.9 Å². The third-order valence-corrected chi connectivity index (χ3v) is 35.2. The lowest BCUT2D eigenvalue weighted by atomic mass is 9.60. The minimum atomic E-state index is 0.499. The lowest BCUT2D eigenvalue weighted by Crippen LogP contribution is -2.58. The number of fused-ring (bicyclic) bond motifs is 15. The third-order valence-electron chi connectivity index (χ3n) is 34.2. The summed E-state index contributed by atoms with van der Waals surface area (Å²) in [5.41, 5.74) is 2.61. The lowest BCUT2D eigenvalue weighted by molar-refractivity contribution is -0.0572. The molecule has 0 aliphatic heterocycles. The largest absolute Gasteiger partial charge is 0.294 e. The summed E-state index contributed by atoms with van der Waals surface area (Å²) in [7, 11) is 0. The molecule has 15 fully saturated rings. The summed E-state index contributed by atoms with van der Waals surface area (Å²) in [6.45, 7) is 28.0. The van der Waals surface area contributed by atoms with Crippen molar-refractivity contribution in [3.63, 3.8) is 0 Å². The van der Waals surface area contributed by atoms with E-state index in [9.17, 15) is 0 Å². The Morgan fingerprint density at radius 2 is 0.537 bits per heavy atom. The molecule has 0 amide bonds. The lowest BCUT2D eigenvalue weighted by Gasteiger charge is -2.55. The van der Waals surface area contributed by atoms with Gasteiger partial charge in [-0.2, -0.15) is 0 Å². The first-order valence-electron chi connectivity index (χ1n) is 37.7. The van der Waals surface area contributed by atoms with Gasteiger partial charge in [0, 0.05) is 41.1 Å². The first kappa shape index (κ1) is 56.9. The molecular formula is C77H127BrN2. The van der Waals surface area contributed by atoms with E-state index in [1.165, 1.54) is 116 Å². The SMILES string of the molecule is CCC1(CC)C2CC(N(C3CCC4C5CCCCC5C(C)(C)C4C3)C3CCC4C5CCCCC5C(C)(C)C4C3)CCC2C2C(Br)CC(N(C3CCC4C5CCCCC5C(C)(C)C4C3)C3CCC4C5CCCCC5C(C)(C)C4C3)CC21. The molecule has 0 aromatic heterocycles. The Kier molecular flexibility index (Phi) is 14.9. The fourth-order valence-corrected chi connectivity index (χ4v) is 32.5. The van der Waals surface area contributed by atoms with Gasteiger partial charge >= 0.3 is 0 Å². The molecule has 452 valence electrons. The van der Waals surface area contributed by atoms with E-state index in [2.05, 4.69) is 79.0 Å². The van der Waals surface area contributed by atoms with Crippen molar-refractivity contribution in [3.8, 4) is 0 Å². The first-order chi connectivity index (χ1) is 38.5. The van der Waals surface area contributed by atoms with Crippen molar-refractivity contribution in [1.29, 1.82) is 0 Å². The van der Waals surface area contributed by atoms with Crippen LogP contribution in [0.5, 0.6) is 0 Å². The number of hydrogen-bond donors (Lipinski definition) is 0. The van der Waals surface area contributed by atoms with Gasteiger partial charge in [-0.25, -0.2) is 0 Å². The highest BCUT2D eigenvalue weighted by Gasteiger charge is 2.67. The van der Waals surface area contributed by atoms with Crippen LogP contribution >= 0.6 is 15.9 Å². The molecule has 27 atom stereocenters. The van der Waals surface area contributed by atoms with E-state index in [0.717, 1.165) is 155 Å². The quantitative estimate of drug-likeness (QED) is 0.224. The van der Waals surface area contributed by atoms with Crippen molar-refractivity contribution in [1.82, 2.24) is 9.80 Å². The molecule has 0 heterocycles. The molecule has 3 heteroatoms. The van der Waals surface area contributed by atoms with Crippen molar-refractivity contribution < 1.29 is 0 Å². The van der Waals surface area contributed by atoms with Gasteiger partial charge in [0.1, 0.15) is 0 Å². The molecule has 0 bridgehead atoms. The summed E-state index contributed by atoms with van der Waals surface area (Å²) in [6.07, 6.45) is 53.6. The molecule has 0 saturated heterocycles. The smallest absolute Gasteiger partial charge is 0.0194 e. The Balaban J connectivity index is 0.742. The second-order valence-corrected chi connectivity index (χ2v) is 38.0. The van der Waals surface area contributed by atoms with Crippen LogP contribution in [0.15, 0.2) is 0 Å². The first-order valence-corrected chi connectivity index (χ1v) is 38.6. The van der Waals surface area contributed by atoms with Gasteiger partial charge in [-0.05, 0) is 319 Å². The van der Waals surface area contributed by atoms with Gasteiger partial charge in [-0.1, -0.05) is 137 Å². The molecule has 15 rings (SSSR count). The topological polar surface area (TPSA) is 6.48 Å². The van der Waals surface area contributed by atoms with Crippen molar-refractivity contribution in [2.75, 3.05) is 0 Å². The maximum absolute atomic E-state index is 4.89. The molecule has 0 spiro atoms. The van der Waals surface area contributed by atoms with Gasteiger partial charge in [0.05, 0.1) is 0 Å².